The van der Waals surface area contributed by atoms with Crippen molar-refractivity contribution < 1.29 is 9.59 Å². The molecule has 4 rings (SSSR count). The molecule has 0 fully saturated rings. The number of hydrogen-bond donors (Lipinski definition) is 3. The van der Waals surface area contributed by atoms with E-state index in [4.69, 9.17) is 0 Å². The zero-order chi connectivity index (χ0) is 17.2. The lowest BCUT2D eigenvalue weighted by Gasteiger charge is -2.23. The molecule has 3 amide bonds. The molecule has 3 N–H and O–H groups in total. The van der Waals surface area contributed by atoms with E-state index >= 15 is 0 Å². The van der Waals surface area contributed by atoms with Crippen molar-refractivity contribution in [2.75, 3.05) is 0 Å². The van der Waals surface area contributed by atoms with Crippen LogP contribution in [0.1, 0.15) is 33.3 Å². The molecular formula is C19H19N3O2S. The molecule has 6 heteroatoms. The van der Waals surface area contributed by atoms with E-state index < -0.39 is 0 Å². The molecule has 0 radical (unpaired) electrons. The number of thiophene rings is 1. The molecule has 1 aliphatic carbocycles. The van der Waals surface area contributed by atoms with E-state index in [9.17, 15) is 9.59 Å². The highest BCUT2D eigenvalue weighted by molar-refractivity contribution is 7.12. The maximum Gasteiger partial charge on any atom is 0.320 e. The first-order valence-corrected chi connectivity index (χ1v) is 9.23. The maximum absolute atomic E-state index is 12.5. The first-order valence-electron chi connectivity index (χ1n) is 8.42. The van der Waals surface area contributed by atoms with E-state index in [1.807, 2.05) is 30.3 Å². The topological polar surface area (TPSA) is 70.2 Å². The number of hydrogen-bond acceptors (Lipinski definition) is 3. The summed E-state index contributed by atoms with van der Waals surface area (Å²) in [6.45, 7) is 0.493. The molecule has 1 aromatic carbocycles. The van der Waals surface area contributed by atoms with Crippen LogP contribution in [0.15, 0.2) is 48.2 Å². The quantitative estimate of drug-likeness (QED) is 0.791. The highest BCUT2D eigenvalue weighted by atomic mass is 32.1. The maximum atomic E-state index is 12.5. The molecule has 128 valence electrons. The van der Waals surface area contributed by atoms with Gasteiger partial charge in [-0.05, 0) is 42.5 Å². The Kier molecular flexibility index (Phi) is 4.28. The molecule has 0 bridgehead atoms. The molecule has 1 aromatic heterocycles. The van der Waals surface area contributed by atoms with Gasteiger partial charge in [0.25, 0.3) is 5.91 Å². The third kappa shape index (κ3) is 3.44. The Morgan fingerprint density at radius 1 is 1.24 bits per heavy atom. The molecule has 1 unspecified atom stereocenters. The van der Waals surface area contributed by atoms with E-state index in [0.717, 1.165) is 18.4 Å². The fraction of sp³-hybridized carbons (Fsp3) is 0.263. The fourth-order valence-corrected chi connectivity index (χ4v) is 4.46. The van der Waals surface area contributed by atoms with Crippen LogP contribution in [-0.2, 0) is 24.2 Å². The molecule has 0 spiro atoms. The lowest BCUT2D eigenvalue weighted by Crippen LogP contribution is -2.45. The predicted octanol–water partition coefficient (Wildman–Crippen LogP) is 2.79. The van der Waals surface area contributed by atoms with E-state index in [0.29, 0.717) is 12.2 Å². The summed E-state index contributed by atoms with van der Waals surface area (Å²) in [5.74, 6) is -0.260. The first kappa shape index (κ1) is 15.9. The van der Waals surface area contributed by atoms with Gasteiger partial charge in [0.2, 0.25) is 0 Å². The number of carbonyl (C=O) groups is 2. The third-order valence-corrected chi connectivity index (χ3v) is 5.73. The van der Waals surface area contributed by atoms with Crippen LogP contribution in [0.4, 0.5) is 4.79 Å². The second-order valence-corrected chi connectivity index (χ2v) is 7.49. The number of fused-ring (bicyclic) bond motifs is 1. The molecule has 1 atom stereocenters. The molecule has 5 nitrogen and oxygen atoms in total. The van der Waals surface area contributed by atoms with Crippen LogP contribution in [0.25, 0.3) is 0 Å². The van der Waals surface area contributed by atoms with Gasteiger partial charge >= 0.3 is 6.03 Å². The molecule has 2 heterocycles. The Morgan fingerprint density at radius 2 is 2.08 bits per heavy atom. The highest BCUT2D eigenvalue weighted by Gasteiger charge is 2.23. The van der Waals surface area contributed by atoms with Gasteiger partial charge in [0, 0.05) is 9.75 Å². The van der Waals surface area contributed by atoms with Crippen LogP contribution < -0.4 is 16.0 Å². The van der Waals surface area contributed by atoms with Crippen molar-refractivity contribution in [2.45, 2.75) is 31.8 Å². The van der Waals surface area contributed by atoms with Gasteiger partial charge in [0.1, 0.15) is 5.70 Å². The van der Waals surface area contributed by atoms with Crippen molar-refractivity contribution in [3.63, 3.8) is 0 Å². The summed E-state index contributed by atoms with van der Waals surface area (Å²) < 4.78 is 0. The minimum atomic E-state index is -0.364. The second-order valence-electron chi connectivity index (χ2n) is 6.26. The predicted molar refractivity (Wildman–Crippen MR) is 97.1 cm³/mol. The minimum absolute atomic E-state index is 0.260. The van der Waals surface area contributed by atoms with Crippen molar-refractivity contribution in [1.29, 1.82) is 0 Å². The number of carbonyl (C=O) groups excluding carboxylic acids is 2. The summed E-state index contributed by atoms with van der Waals surface area (Å²) in [4.78, 5) is 27.0. The number of nitrogens with one attached hydrogen (secondary N) is 3. The van der Waals surface area contributed by atoms with Gasteiger partial charge in [-0.3, -0.25) is 4.79 Å². The van der Waals surface area contributed by atoms with E-state index in [1.54, 1.807) is 17.4 Å². The van der Waals surface area contributed by atoms with Crippen molar-refractivity contribution in [2.24, 2.45) is 0 Å². The molecule has 25 heavy (non-hydrogen) atoms. The normalized spacial score (nSPS) is 18.8. The Morgan fingerprint density at radius 3 is 2.88 bits per heavy atom. The zero-order valence-electron chi connectivity index (χ0n) is 13.7. The number of rotatable bonds is 4. The van der Waals surface area contributed by atoms with Gasteiger partial charge < -0.3 is 16.0 Å². The summed E-state index contributed by atoms with van der Waals surface area (Å²) in [5.41, 5.74) is 2.66. The number of amides is 3. The molecule has 0 saturated carbocycles. The molecule has 1 aliphatic heterocycles. The molecule has 0 saturated heterocycles. The smallest absolute Gasteiger partial charge is 0.320 e. The summed E-state index contributed by atoms with van der Waals surface area (Å²) in [6.07, 6.45) is 5.28. The van der Waals surface area contributed by atoms with Gasteiger partial charge in [-0.2, -0.15) is 0 Å². The van der Waals surface area contributed by atoms with Gasteiger partial charge in [-0.15, -0.1) is 11.3 Å². The van der Waals surface area contributed by atoms with Gasteiger partial charge in [0.15, 0.2) is 0 Å². The van der Waals surface area contributed by atoms with Gasteiger partial charge in [0.05, 0.1) is 12.6 Å². The minimum Gasteiger partial charge on any atom is -0.346 e. The van der Waals surface area contributed by atoms with Gasteiger partial charge in [-0.25, -0.2) is 4.79 Å². The third-order valence-electron chi connectivity index (χ3n) is 4.49. The molecular weight excluding hydrogens is 334 g/mol. The van der Waals surface area contributed by atoms with Crippen LogP contribution in [-0.4, -0.2) is 11.9 Å². The van der Waals surface area contributed by atoms with Crippen molar-refractivity contribution in [1.82, 2.24) is 16.0 Å². The lowest BCUT2D eigenvalue weighted by atomic mass is 10.0. The second kappa shape index (κ2) is 6.72. The highest BCUT2D eigenvalue weighted by Crippen LogP contribution is 2.30. The van der Waals surface area contributed by atoms with E-state index in [2.05, 4.69) is 22.0 Å². The Hall–Kier alpha value is -2.60. The summed E-state index contributed by atoms with van der Waals surface area (Å²) >= 11 is 1.77. The van der Waals surface area contributed by atoms with Crippen molar-refractivity contribution in [3.05, 3.63) is 69.1 Å². The SMILES string of the molecule is O=C1NC(C(=O)NCc2cc3c(s2)CCC3)=CC(c2ccccc2)N1. The van der Waals surface area contributed by atoms with E-state index in [-0.39, 0.29) is 18.0 Å². The Labute approximate surface area is 150 Å². The van der Waals surface area contributed by atoms with Crippen LogP contribution in [0.3, 0.4) is 0 Å². The van der Waals surface area contributed by atoms with Crippen molar-refractivity contribution in [3.8, 4) is 0 Å². The van der Waals surface area contributed by atoms with Crippen molar-refractivity contribution >= 4 is 23.3 Å². The number of aryl methyl sites for hydroxylation is 2. The van der Waals surface area contributed by atoms with Crippen LogP contribution in [0.5, 0.6) is 0 Å². The largest absolute Gasteiger partial charge is 0.346 e. The first-order chi connectivity index (χ1) is 12.2. The standard InChI is InChI=1S/C19H19N3O2S/c23-18(20-11-14-9-13-7-4-8-17(13)25-14)16-10-15(21-19(24)22-16)12-5-2-1-3-6-12/h1-3,5-6,9-10,15H,4,7-8,11H2,(H,20,23)(H2,21,22,24). The van der Waals surface area contributed by atoms with Crippen LogP contribution in [0.2, 0.25) is 0 Å². The monoisotopic (exact) mass is 353 g/mol. The summed E-state index contributed by atoms with van der Waals surface area (Å²) in [5, 5.41) is 8.32. The molecule has 2 aliphatic rings. The van der Waals surface area contributed by atoms with Crippen LogP contribution >= 0.6 is 11.3 Å². The van der Waals surface area contributed by atoms with E-state index in [1.165, 1.54) is 21.7 Å². The molecule has 2 aromatic rings. The number of benzene rings is 1. The zero-order valence-corrected chi connectivity index (χ0v) is 14.5. The number of urea groups is 1. The lowest BCUT2D eigenvalue weighted by molar-refractivity contribution is -0.118. The summed E-state index contributed by atoms with van der Waals surface area (Å²) in [7, 11) is 0. The van der Waals surface area contributed by atoms with Gasteiger partial charge in [-0.1, -0.05) is 30.3 Å². The Balaban J connectivity index is 1.44. The average Bonchev–Trinajstić information content (AvgIpc) is 3.21. The fourth-order valence-electron chi connectivity index (χ4n) is 3.26. The average molecular weight is 353 g/mol. The Bertz CT molecular complexity index is 820. The van der Waals surface area contributed by atoms with Crippen LogP contribution in [0, 0.1) is 0 Å². The summed E-state index contributed by atoms with van der Waals surface area (Å²) in [6, 6.07) is 11.1.